The maximum atomic E-state index is 13.7. The number of benzene rings is 1. The van der Waals surface area contributed by atoms with Crippen molar-refractivity contribution in [1.82, 2.24) is 19.5 Å². The molecule has 0 aliphatic carbocycles. The molecule has 4 heterocycles. The van der Waals surface area contributed by atoms with Crippen LogP contribution in [-0.4, -0.2) is 45.0 Å². The van der Waals surface area contributed by atoms with E-state index in [2.05, 4.69) is 11.8 Å². The van der Waals surface area contributed by atoms with Gasteiger partial charge in [-0.3, -0.25) is 4.79 Å². The van der Waals surface area contributed by atoms with Gasteiger partial charge in [-0.15, -0.1) is 0 Å². The molecule has 0 bridgehead atoms. The molecule has 2 fully saturated rings. The third-order valence-electron chi connectivity index (χ3n) is 7.16. The van der Waals surface area contributed by atoms with Crippen LogP contribution in [0, 0.1) is 19.8 Å². The molecule has 1 aromatic carbocycles. The molecular weight excluding hydrogens is 455 g/mol. The van der Waals surface area contributed by atoms with Crippen molar-refractivity contribution in [3.8, 4) is 0 Å². The maximum Gasteiger partial charge on any atom is 0.417 e. The summed E-state index contributed by atoms with van der Waals surface area (Å²) < 4.78 is 43.0. The number of rotatable bonds is 3. The van der Waals surface area contributed by atoms with Crippen LogP contribution in [0.3, 0.4) is 0 Å². The van der Waals surface area contributed by atoms with Gasteiger partial charge in [0.1, 0.15) is 5.82 Å². The lowest BCUT2D eigenvalue weighted by molar-refractivity contribution is -0.138. The number of amides is 1. The zero-order valence-electron chi connectivity index (χ0n) is 20.3. The SMILES string of the molecule is Cc1ccc(C(=O)N2CCCCC2c2cc3nc(N4CCC(C)C4)c(C)cn3n2)c(C(F)(F)F)c1. The van der Waals surface area contributed by atoms with Gasteiger partial charge in [0.05, 0.1) is 22.9 Å². The van der Waals surface area contributed by atoms with Crippen molar-refractivity contribution in [3.05, 3.63) is 58.4 Å². The van der Waals surface area contributed by atoms with Gasteiger partial charge in [0.2, 0.25) is 0 Å². The molecule has 6 nitrogen and oxygen atoms in total. The second-order valence-electron chi connectivity index (χ2n) is 10.0. The third-order valence-corrected chi connectivity index (χ3v) is 7.16. The van der Waals surface area contributed by atoms with E-state index in [1.54, 1.807) is 22.4 Å². The Morgan fingerprint density at radius 2 is 1.89 bits per heavy atom. The number of alkyl halides is 3. The van der Waals surface area contributed by atoms with Gasteiger partial charge in [0.25, 0.3) is 5.91 Å². The van der Waals surface area contributed by atoms with Crippen molar-refractivity contribution in [3.63, 3.8) is 0 Å². The summed E-state index contributed by atoms with van der Waals surface area (Å²) in [4.78, 5) is 22.2. The standard InChI is InChI=1S/C26H30F3N5O/c1-16-7-8-19(20(12-16)26(27,28)29)25(35)33-10-5-4-6-22(33)21-13-23-30-24(18(3)15-34(23)31-21)32-11-9-17(2)14-32/h7-8,12-13,15,17,22H,4-6,9-11,14H2,1-3H3. The van der Waals surface area contributed by atoms with Crippen molar-refractivity contribution in [1.29, 1.82) is 0 Å². The third kappa shape index (κ3) is 4.48. The number of hydrogen-bond donors (Lipinski definition) is 0. The molecule has 0 N–H and O–H groups in total. The van der Waals surface area contributed by atoms with E-state index in [0.29, 0.717) is 35.8 Å². The summed E-state index contributed by atoms with van der Waals surface area (Å²) in [7, 11) is 0. The molecule has 2 saturated heterocycles. The Morgan fingerprint density at radius 1 is 1.09 bits per heavy atom. The quantitative estimate of drug-likeness (QED) is 0.486. The molecule has 3 aromatic rings. The summed E-state index contributed by atoms with van der Waals surface area (Å²) in [5.41, 5.74) is 1.64. The summed E-state index contributed by atoms with van der Waals surface area (Å²) in [6, 6.07) is 5.38. The number of aryl methyl sites for hydroxylation is 2. The van der Waals surface area contributed by atoms with Gasteiger partial charge in [-0.1, -0.05) is 18.6 Å². The van der Waals surface area contributed by atoms with Crippen molar-refractivity contribution in [2.75, 3.05) is 24.5 Å². The number of nitrogens with zero attached hydrogens (tertiary/aromatic N) is 5. The predicted octanol–water partition coefficient (Wildman–Crippen LogP) is 5.58. The number of hydrogen-bond acceptors (Lipinski definition) is 4. The number of anilines is 1. The molecule has 2 aromatic heterocycles. The highest BCUT2D eigenvalue weighted by Crippen LogP contribution is 2.37. The Balaban J connectivity index is 1.49. The van der Waals surface area contributed by atoms with Gasteiger partial charge in [-0.2, -0.15) is 18.3 Å². The van der Waals surface area contributed by atoms with Crippen molar-refractivity contribution in [2.24, 2.45) is 5.92 Å². The second-order valence-corrected chi connectivity index (χ2v) is 10.0. The molecule has 1 amide bonds. The lowest BCUT2D eigenvalue weighted by Gasteiger charge is -2.35. The van der Waals surface area contributed by atoms with Crippen LogP contribution in [0.15, 0.2) is 30.5 Å². The van der Waals surface area contributed by atoms with E-state index in [1.165, 1.54) is 6.07 Å². The largest absolute Gasteiger partial charge is 0.417 e. The highest BCUT2D eigenvalue weighted by Gasteiger charge is 2.38. The Bertz CT molecular complexity index is 1270. The van der Waals surface area contributed by atoms with Gasteiger partial charge in [0, 0.05) is 37.5 Å². The van der Waals surface area contributed by atoms with Gasteiger partial charge >= 0.3 is 6.18 Å². The van der Waals surface area contributed by atoms with E-state index in [-0.39, 0.29) is 5.56 Å². The van der Waals surface area contributed by atoms with Gasteiger partial charge in [-0.05, 0) is 57.6 Å². The lowest BCUT2D eigenvalue weighted by Crippen LogP contribution is -2.39. The van der Waals surface area contributed by atoms with E-state index in [1.807, 2.05) is 19.2 Å². The fraction of sp³-hybridized carbons (Fsp3) is 0.500. The second kappa shape index (κ2) is 8.84. The smallest absolute Gasteiger partial charge is 0.356 e. The summed E-state index contributed by atoms with van der Waals surface area (Å²) in [6.45, 7) is 8.17. The molecular formula is C26H30F3N5O. The number of aromatic nitrogens is 3. The number of halogens is 3. The summed E-state index contributed by atoms with van der Waals surface area (Å²) in [5, 5.41) is 4.71. The topological polar surface area (TPSA) is 53.7 Å². The average molecular weight is 486 g/mol. The Kier molecular flexibility index (Phi) is 5.97. The van der Waals surface area contributed by atoms with E-state index in [9.17, 15) is 18.0 Å². The Hall–Kier alpha value is -3.10. The van der Waals surface area contributed by atoms with E-state index in [0.717, 1.165) is 49.8 Å². The van der Waals surface area contributed by atoms with E-state index >= 15 is 0 Å². The predicted molar refractivity (Wildman–Crippen MR) is 128 cm³/mol. The first-order valence-corrected chi connectivity index (χ1v) is 12.2. The van der Waals surface area contributed by atoms with E-state index in [4.69, 9.17) is 10.1 Å². The van der Waals surface area contributed by atoms with Crippen molar-refractivity contribution < 1.29 is 18.0 Å². The first-order valence-electron chi connectivity index (χ1n) is 12.2. The van der Waals surface area contributed by atoms with Crippen LogP contribution >= 0.6 is 0 Å². The van der Waals surface area contributed by atoms with Gasteiger partial charge in [-0.25, -0.2) is 9.50 Å². The molecule has 186 valence electrons. The molecule has 0 saturated carbocycles. The summed E-state index contributed by atoms with van der Waals surface area (Å²) in [6.07, 6.45) is 0.758. The molecule has 2 aliphatic heterocycles. The van der Waals surface area contributed by atoms with Crippen molar-refractivity contribution in [2.45, 2.75) is 58.7 Å². The minimum atomic E-state index is -4.60. The Labute approximate surface area is 202 Å². The Morgan fingerprint density at radius 3 is 2.60 bits per heavy atom. The number of carbonyl (C=O) groups excluding carboxylic acids is 1. The summed E-state index contributed by atoms with van der Waals surface area (Å²) >= 11 is 0. The normalized spacial score (nSPS) is 21.2. The highest BCUT2D eigenvalue weighted by atomic mass is 19.4. The number of fused-ring (bicyclic) bond motifs is 1. The molecule has 9 heteroatoms. The monoisotopic (exact) mass is 485 g/mol. The highest BCUT2D eigenvalue weighted by molar-refractivity contribution is 5.96. The van der Waals surface area contributed by atoms with Crippen LogP contribution in [0.4, 0.5) is 19.0 Å². The van der Waals surface area contributed by atoms with Crippen LogP contribution < -0.4 is 4.90 Å². The van der Waals surface area contributed by atoms with Gasteiger partial charge in [0.15, 0.2) is 5.65 Å². The van der Waals surface area contributed by atoms with Crippen LogP contribution in [0.1, 0.15) is 71.4 Å². The fourth-order valence-corrected chi connectivity index (χ4v) is 5.35. The molecule has 0 radical (unpaired) electrons. The lowest BCUT2D eigenvalue weighted by atomic mass is 9.96. The molecule has 2 atom stereocenters. The number of piperidine rings is 1. The number of carbonyl (C=O) groups is 1. The molecule has 5 rings (SSSR count). The van der Waals surface area contributed by atoms with Crippen LogP contribution in [0.5, 0.6) is 0 Å². The van der Waals surface area contributed by atoms with E-state index < -0.39 is 23.7 Å². The van der Waals surface area contributed by atoms with Crippen LogP contribution in [-0.2, 0) is 6.18 Å². The van der Waals surface area contributed by atoms with Crippen LogP contribution in [0.25, 0.3) is 5.65 Å². The summed E-state index contributed by atoms with van der Waals surface area (Å²) in [5.74, 6) is 0.965. The maximum absolute atomic E-state index is 13.7. The van der Waals surface area contributed by atoms with Crippen LogP contribution in [0.2, 0.25) is 0 Å². The zero-order chi connectivity index (χ0) is 24.9. The molecule has 2 aliphatic rings. The zero-order valence-corrected chi connectivity index (χ0v) is 20.3. The number of likely N-dealkylation sites (tertiary alicyclic amines) is 1. The molecule has 35 heavy (non-hydrogen) atoms. The van der Waals surface area contributed by atoms with Gasteiger partial charge < -0.3 is 9.80 Å². The van der Waals surface area contributed by atoms with Crippen molar-refractivity contribution >= 4 is 17.4 Å². The fourth-order valence-electron chi connectivity index (χ4n) is 5.35. The molecule has 2 unspecified atom stereocenters. The average Bonchev–Trinajstić information content (AvgIpc) is 3.43. The minimum Gasteiger partial charge on any atom is -0.356 e. The minimum absolute atomic E-state index is 0.307. The first kappa shape index (κ1) is 23.6. The molecule has 0 spiro atoms. The first-order chi connectivity index (χ1) is 16.6.